The molecule has 26 heavy (non-hydrogen) atoms. The third kappa shape index (κ3) is 4.27. The van der Waals surface area contributed by atoms with Crippen LogP contribution in [0.2, 0.25) is 5.02 Å². The summed E-state index contributed by atoms with van der Waals surface area (Å²) in [4.78, 5) is 28.5. The lowest BCUT2D eigenvalue weighted by Gasteiger charge is -2.08. The number of thioether (sulfide) groups is 1. The molecule has 1 amide bonds. The van der Waals surface area contributed by atoms with E-state index in [1.807, 2.05) is 22.8 Å². The predicted molar refractivity (Wildman–Crippen MR) is 104 cm³/mol. The third-order valence-electron chi connectivity index (χ3n) is 3.34. The summed E-state index contributed by atoms with van der Waals surface area (Å²) in [6, 6.07) is 9.05. The van der Waals surface area contributed by atoms with E-state index in [9.17, 15) is 9.59 Å². The molecule has 9 heteroatoms. The van der Waals surface area contributed by atoms with Gasteiger partial charge in [-0.05, 0) is 29.6 Å². The summed E-state index contributed by atoms with van der Waals surface area (Å²) in [5.74, 6) is -0.563. The van der Waals surface area contributed by atoms with Crippen LogP contribution in [0.25, 0.3) is 5.69 Å². The van der Waals surface area contributed by atoms with Crippen LogP contribution < -0.4 is 5.32 Å². The fourth-order valence-electron chi connectivity index (χ4n) is 2.19. The molecule has 1 N–H and O–H groups in total. The second-order valence-electron chi connectivity index (χ2n) is 5.05. The average Bonchev–Trinajstić information content (AvgIpc) is 3.28. The molecule has 1 aromatic carbocycles. The minimum atomic E-state index is -0.473. The number of rotatable bonds is 6. The summed E-state index contributed by atoms with van der Waals surface area (Å²) < 4.78 is 6.56. The van der Waals surface area contributed by atoms with Crippen LogP contribution in [0, 0.1) is 0 Å². The van der Waals surface area contributed by atoms with Crippen molar-refractivity contribution >= 4 is 52.3 Å². The van der Waals surface area contributed by atoms with Crippen LogP contribution >= 0.6 is 34.7 Å². The second kappa shape index (κ2) is 8.39. The Bertz CT molecular complexity index is 939. The van der Waals surface area contributed by atoms with Gasteiger partial charge in [-0.15, -0.1) is 11.3 Å². The molecule has 0 aliphatic carbocycles. The summed E-state index contributed by atoms with van der Waals surface area (Å²) in [6.45, 7) is 0. The number of hydrogen-bond acceptors (Lipinski definition) is 6. The molecule has 0 fully saturated rings. The Hall–Kier alpha value is -2.29. The Balaban J connectivity index is 1.65. The zero-order valence-electron chi connectivity index (χ0n) is 13.6. The number of halogens is 1. The topological polar surface area (TPSA) is 73.2 Å². The molecular weight excluding hydrogens is 394 g/mol. The zero-order chi connectivity index (χ0) is 18.5. The van der Waals surface area contributed by atoms with Gasteiger partial charge in [-0.1, -0.05) is 29.4 Å². The third-order valence-corrected chi connectivity index (χ3v) is 5.43. The molecule has 134 valence electrons. The maximum Gasteiger partial charge on any atom is 0.350 e. The lowest BCUT2D eigenvalue weighted by Crippen LogP contribution is -2.16. The van der Waals surface area contributed by atoms with Crippen LogP contribution in [0.5, 0.6) is 0 Å². The fourth-order valence-corrected chi connectivity index (χ4v) is 3.92. The van der Waals surface area contributed by atoms with E-state index in [0.29, 0.717) is 20.7 Å². The molecule has 0 atom stereocenters. The molecule has 2 heterocycles. The first kappa shape index (κ1) is 18.5. The molecule has 0 aliphatic rings. The number of esters is 1. The van der Waals surface area contributed by atoms with Gasteiger partial charge >= 0.3 is 5.97 Å². The SMILES string of the molecule is COC(=O)c1sccc1NC(=O)CSc1nccn1-c1cccc(Cl)c1. The molecular formula is C17H14ClN3O3S2. The first-order valence-corrected chi connectivity index (χ1v) is 9.70. The maximum atomic E-state index is 12.2. The van der Waals surface area contributed by atoms with Gasteiger partial charge in [-0.3, -0.25) is 9.36 Å². The number of amides is 1. The number of benzene rings is 1. The Morgan fingerprint density at radius 3 is 3.00 bits per heavy atom. The first-order valence-electron chi connectivity index (χ1n) is 7.46. The number of thiophene rings is 1. The summed E-state index contributed by atoms with van der Waals surface area (Å²) in [5, 5.41) is 5.74. The molecule has 0 unspecified atom stereocenters. The first-order chi connectivity index (χ1) is 12.6. The van der Waals surface area contributed by atoms with Crippen molar-refractivity contribution < 1.29 is 14.3 Å². The van der Waals surface area contributed by atoms with Crippen LogP contribution in [-0.4, -0.2) is 34.3 Å². The van der Waals surface area contributed by atoms with Crippen molar-refractivity contribution in [2.45, 2.75) is 5.16 Å². The number of nitrogens with zero attached hydrogens (tertiary/aromatic N) is 2. The summed E-state index contributed by atoms with van der Waals surface area (Å²) >= 11 is 8.54. The van der Waals surface area contributed by atoms with Gasteiger partial charge in [0.25, 0.3) is 0 Å². The standard InChI is InChI=1S/C17H14ClN3O3S2/c1-24-16(23)15-13(5-8-25-15)20-14(22)10-26-17-19-6-7-21(17)12-4-2-3-11(18)9-12/h2-9H,10H2,1H3,(H,20,22). The van der Waals surface area contributed by atoms with Crippen molar-refractivity contribution in [2.75, 3.05) is 18.2 Å². The lowest BCUT2D eigenvalue weighted by molar-refractivity contribution is -0.113. The monoisotopic (exact) mass is 407 g/mol. The van der Waals surface area contributed by atoms with Crippen molar-refractivity contribution in [2.24, 2.45) is 0 Å². The van der Waals surface area contributed by atoms with Crippen LogP contribution in [0.4, 0.5) is 5.69 Å². The van der Waals surface area contributed by atoms with Crippen molar-refractivity contribution in [1.82, 2.24) is 9.55 Å². The summed E-state index contributed by atoms with van der Waals surface area (Å²) in [6.07, 6.45) is 3.47. The number of methoxy groups -OCH3 is 1. The van der Waals surface area contributed by atoms with E-state index < -0.39 is 5.97 Å². The molecule has 2 aromatic heterocycles. The van der Waals surface area contributed by atoms with E-state index >= 15 is 0 Å². The molecule has 0 bridgehead atoms. The maximum absolute atomic E-state index is 12.2. The van der Waals surface area contributed by atoms with Crippen LogP contribution in [0.1, 0.15) is 9.67 Å². The number of carbonyl (C=O) groups excluding carboxylic acids is 2. The molecule has 6 nitrogen and oxygen atoms in total. The highest BCUT2D eigenvalue weighted by molar-refractivity contribution is 7.99. The van der Waals surface area contributed by atoms with E-state index in [2.05, 4.69) is 10.3 Å². The molecule has 3 aromatic rings. The molecule has 0 radical (unpaired) electrons. The number of imidazole rings is 1. The zero-order valence-corrected chi connectivity index (χ0v) is 16.0. The van der Waals surface area contributed by atoms with Crippen LogP contribution in [0.15, 0.2) is 53.3 Å². The number of anilines is 1. The van der Waals surface area contributed by atoms with Gasteiger partial charge in [-0.25, -0.2) is 9.78 Å². The second-order valence-corrected chi connectivity index (χ2v) is 7.35. The Morgan fingerprint density at radius 2 is 2.23 bits per heavy atom. The van der Waals surface area contributed by atoms with Crippen molar-refractivity contribution in [1.29, 1.82) is 0 Å². The summed E-state index contributed by atoms with van der Waals surface area (Å²) in [5.41, 5.74) is 1.31. The normalized spacial score (nSPS) is 10.5. The van der Waals surface area contributed by atoms with Crippen LogP contribution in [-0.2, 0) is 9.53 Å². The highest BCUT2D eigenvalue weighted by Gasteiger charge is 2.16. The highest BCUT2D eigenvalue weighted by atomic mass is 35.5. The van der Waals surface area contributed by atoms with Crippen molar-refractivity contribution in [3.8, 4) is 5.69 Å². The van der Waals surface area contributed by atoms with E-state index in [1.54, 1.807) is 29.9 Å². The number of nitrogens with one attached hydrogen (secondary N) is 1. The number of ether oxygens (including phenoxy) is 1. The van der Waals surface area contributed by atoms with E-state index in [-0.39, 0.29) is 11.7 Å². The van der Waals surface area contributed by atoms with Gasteiger partial charge in [0.15, 0.2) is 5.16 Å². The number of hydrogen-bond donors (Lipinski definition) is 1. The van der Waals surface area contributed by atoms with E-state index in [1.165, 1.54) is 30.2 Å². The Kier molecular flexibility index (Phi) is 5.97. The van der Waals surface area contributed by atoms with Gasteiger partial charge in [-0.2, -0.15) is 0 Å². The van der Waals surface area contributed by atoms with Crippen molar-refractivity contribution in [3.05, 3.63) is 58.0 Å². The molecule has 0 saturated heterocycles. The Labute approximate surface area is 163 Å². The van der Waals surface area contributed by atoms with Crippen LogP contribution in [0.3, 0.4) is 0 Å². The average molecular weight is 408 g/mol. The number of carbonyl (C=O) groups is 2. The van der Waals surface area contributed by atoms with E-state index in [4.69, 9.17) is 16.3 Å². The molecule has 0 saturated carbocycles. The molecule has 0 aliphatic heterocycles. The van der Waals surface area contributed by atoms with Gasteiger partial charge in [0.1, 0.15) is 4.88 Å². The van der Waals surface area contributed by atoms with Gasteiger partial charge in [0, 0.05) is 23.1 Å². The van der Waals surface area contributed by atoms with Gasteiger partial charge in [0.2, 0.25) is 5.91 Å². The smallest absolute Gasteiger partial charge is 0.350 e. The van der Waals surface area contributed by atoms with Gasteiger partial charge < -0.3 is 10.1 Å². The van der Waals surface area contributed by atoms with Crippen molar-refractivity contribution in [3.63, 3.8) is 0 Å². The molecule has 0 spiro atoms. The number of aromatic nitrogens is 2. The fraction of sp³-hybridized carbons (Fsp3) is 0.118. The lowest BCUT2D eigenvalue weighted by atomic mass is 10.3. The molecule has 3 rings (SSSR count). The minimum Gasteiger partial charge on any atom is -0.465 e. The van der Waals surface area contributed by atoms with Gasteiger partial charge in [0.05, 0.1) is 18.6 Å². The predicted octanol–water partition coefficient (Wildman–Crippen LogP) is 4.10. The highest BCUT2D eigenvalue weighted by Crippen LogP contribution is 2.25. The largest absolute Gasteiger partial charge is 0.465 e. The quantitative estimate of drug-likeness (QED) is 0.491. The Morgan fingerprint density at radius 1 is 1.38 bits per heavy atom. The van der Waals surface area contributed by atoms with E-state index in [0.717, 1.165) is 5.69 Å². The summed E-state index contributed by atoms with van der Waals surface area (Å²) in [7, 11) is 1.30. The minimum absolute atomic E-state index is 0.147.